The van der Waals surface area contributed by atoms with E-state index in [0.717, 1.165) is 35.9 Å². The van der Waals surface area contributed by atoms with Gasteiger partial charge >= 0.3 is 5.97 Å². The van der Waals surface area contributed by atoms with E-state index >= 15 is 0 Å². The lowest BCUT2D eigenvalue weighted by Crippen LogP contribution is -2.40. The molecule has 6 heteroatoms. The molecule has 4 N–H and O–H groups in total. The van der Waals surface area contributed by atoms with Crippen molar-refractivity contribution in [1.82, 2.24) is 15.6 Å². The van der Waals surface area contributed by atoms with Crippen LogP contribution in [0.2, 0.25) is 0 Å². The third-order valence-corrected chi connectivity index (χ3v) is 4.97. The zero-order chi connectivity index (χ0) is 20.5. The van der Waals surface area contributed by atoms with E-state index in [1.165, 1.54) is 0 Å². The number of nitrogens with one attached hydrogen (secondary N) is 3. The molecule has 0 saturated heterocycles. The Labute approximate surface area is 167 Å². The number of unbranched alkanes of at least 4 members (excludes halogenated alkanes) is 1. The van der Waals surface area contributed by atoms with Crippen LogP contribution in [0.15, 0.2) is 30.3 Å². The van der Waals surface area contributed by atoms with Gasteiger partial charge in [-0.2, -0.15) is 0 Å². The van der Waals surface area contributed by atoms with Crippen molar-refractivity contribution < 1.29 is 14.7 Å². The van der Waals surface area contributed by atoms with Gasteiger partial charge in [0.05, 0.1) is 0 Å². The normalized spacial score (nSPS) is 13.6. The van der Waals surface area contributed by atoms with Crippen LogP contribution in [-0.4, -0.2) is 40.6 Å². The zero-order valence-electron chi connectivity index (χ0n) is 17.1. The first-order valence-electron chi connectivity index (χ1n) is 10.2. The van der Waals surface area contributed by atoms with Gasteiger partial charge in [-0.1, -0.05) is 39.0 Å². The Morgan fingerprint density at radius 1 is 1.18 bits per heavy atom. The highest BCUT2D eigenvalue weighted by molar-refractivity contribution is 5.81. The van der Waals surface area contributed by atoms with Crippen LogP contribution in [0.1, 0.15) is 52.1 Å². The fourth-order valence-electron chi connectivity index (χ4n) is 3.44. The molecular formula is C22H33N3O3. The van der Waals surface area contributed by atoms with E-state index in [1.54, 1.807) is 0 Å². The number of fused-ring (bicyclic) bond motifs is 1. The van der Waals surface area contributed by atoms with Crippen molar-refractivity contribution in [2.75, 3.05) is 6.54 Å². The number of carboxylic acid groups (broad SMARTS) is 1. The van der Waals surface area contributed by atoms with Gasteiger partial charge in [0.25, 0.3) is 0 Å². The van der Waals surface area contributed by atoms with Gasteiger partial charge in [0.2, 0.25) is 5.91 Å². The molecule has 28 heavy (non-hydrogen) atoms. The summed E-state index contributed by atoms with van der Waals surface area (Å²) in [5, 5.41) is 16.5. The number of carbonyl (C=O) groups excluding carboxylic acids is 1. The van der Waals surface area contributed by atoms with E-state index in [1.807, 2.05) is 39.0 Å². The molecule has 0 aliphatic carbocycles. The van der Waals surface area contributed by atoms with Crippen molar-refractivity contribution in [3.8, 4) is 0 Å². The summed E-state index contributed by atoms with van der Waals surface area (Å²) in [6.07, 6.45) is 3.57. The predicted molar refractivity (Wildman–Crippen MR) is 112 cm³/mol. The number of aliphatic carboxylic acids is 1. The quantitative estimate of drug-likeness (QED) is 0.420. The van der Waals surface area contributed by atoms with Crippen molar-refractivity contribution in [2.45, 2.75) is 65.0 Å². The third-order valence-electron chi connectivity index (χ3n) is 4.97. The molecule has 0 aliphatic rings. The maximum absolute atomic E-state index is 12.5. The average molecular weight is 388 g/mol. The van der Waals surface area contributed by atoms with Gasteiger partial charge < -0.3 is 20.7 Å². The topological polar surface area (TPSA) is 94.2 Å². The molecule has 2 unspecified atom stereocenters. The van der Waals surface area contributed by atoms with Gasteiger partial charge in [-0.15, -0.1) is 0 Å². The molecule has 1 aromatic heterocycles. The van der Waals surface area contributed by atoms with E-state index < -0.39 is 12.0 Å². The molecular weight excluding hydrogens is 354 g/mol. The summed E-state index contributed by atoms with van der Waals surface area (Å²) in [5.74, 6) is -0.819. The molecule has 0 saturated carbocycles. The molecule has 2 atom stereocenters. The van der Waals surface area contributed by atoms with Gasteiger partial charge in [0.1, 0.15) is 6.04 Å². The number of carbonyl (C=O) groups is 2. The standard InChI is InChI=1S/C22H33N3O3/c1-4-16(13-18-14-17-9-5-6-10-19(17)25-18)21(26)23-12-8-7-11-20(22(27)28)24-15(2)3/h5-6,9-10,14-16,20,24-25H,4,7-8,11-13H2,1-3H3,(H,23,26)(H,27,28). The SMILES string of the molecule is CCC(Cc1cc2ccccc2[nH]1)C(=O)NCCCCC(NC(C)C)C(=O)O. The van der Waals surface area contributed by atoms with Crippen LogP contribution in [0.3, 0.4) is 0 Å². The summed E-state index contributed by atoms with van der Waals surface area (Å²) >= 11 is 0. The fourth-order valence-corrected chi connectivity index (χ4v) is 3.44. The minimum Gasteiger partial charge on any atom is -0.480 e. The molecule has 154 valence electrons. The molecule has 0 spiro atoms. The van der Waals surface area contributed by atoms with Gasteiger partial charge in [-0.25, -0.2) is 0 Å². The molecule has 6 nitrogen and oxygen atoms in total. The number of aromatic nitrogens is 1. The second-order valence-electron chi connectivity index (χ2n) is 7.69. The molecule has 2 rings (SSSR count). The Kier molecular flexibility index (Phi) is 8.51. The number of H-pyrrole nitrogens is 1. The van der Waals surface area contributed by atoms with Gasteiger partial charge in [0.15, 0.2) is 0 Å². The van der Waals surface area contributed by atoms with E-state index in [-0.39, 0.29) is 17.9 Å². The largest absolute Gasteiger partial charge is 0.480 e. The summed E-state index contributed by atoms with van der Waals surface area (Å²) in [6.45, 7) is 6.49. The van der Waals surface area contributed by atoms with Crippen LogP contribution >= 0.6 is 0 Å². The van der Waals surface area contributed by atoms with Crippen molar-refractivity contribution in [3.05, 3.63) is 36.0 Å². The second kappa shape index (κ2) is 10.9. The molecule has 0 bridgehead atoms. The number of benzene rings is 1. The highest BCUT2D eigenvalue weighted by Gasteiger charge is 2.19. The Balaban J connectivity index is 1.75. The number of para-hydroxylation sites is 1. The van der Waals surface area contributed by atoms with Crippen LogP contribution < -0.4 is 10.6 Å². The number of amides is 1. The van der Waals surface area contributed by atoms with Crippen LogP contribution in [0.25, 0.3) is 10.9 Å². The third kappa shape index (κ3) is 6.68. The first-order chi connectivity index (χ1) is 13.4. The summed E-state index contributed by atoms with van der Waals surface area (Å²) in [5.41, 5.74) is 2.17. The second-order valence-corrected chi connectivity index (χ2v) is 7.69. The van der Waals surface area contributed by atoms with Crippen molar-refractivity contribution in [3.63, 3.8) is 0 Å². The molecule has 0 aliphatic heterocycles. The lowest BCUT2D eigenvalue weighted by Gasteiger charge is -2.17. The van der Waals surface area contributed by atoms with E-state index in [9.17, 15) is 14.7 Å². The van der Waals surface area contributed by atoms with E-state index in [0.29, 0.717) is 19.4 Å². The molecule has 0 fully saturated rings. The van der Waals surface area contributed by atoms with Crippen molar-refractivity contribution in [2.24, 2.45) is 5.92 Å². The Morgan fingerprint density at radius 3 is 2.57 bits per heavy atom. The number of aromatic amines is 1. The molecule has 1 amide bonds. The van der Waals surface area contributed by atoms with E-state index in [2.05, 4.69) is 27.8 Å². The first kappa shape index (κ1) is 22.0. The monoisotopic (exact) mass is 387 g/mol. The lowest BCUT2D eigenvalue weighted by molar-refractivity contribution is -0.140. The van der Waals surface area contributed by atoms with Crippen LogP contribution in [0.4, 0.5) is 0 Å². The summed E-state index contributed by atoms with van der Waals surface area (Å²) in [7, 11) is 0. The number of hydrogen-bond donors (Lipinski definition) is 4. The maximum Gasteiger partial charge on any atom is 0.320 e. The number of hydrogen-bond acceptors (Lipinski definition) is 3. The van der Waals surface area contributed by atoms with Crippen molar-refractivity contribution in [1.29, 1.82) is 0 Å². The molecule has 0 radical (unpaired) electrons. The fraction of sp³-hybridized carbons (Fsp3) is 0.545. The number of carboxylic acids is 1. The molecule has 2 aromatic rings. The van der Waals surface area contributed by atoms with Crippen LogP contribution in [-0.2, 0) is 16.0 Å². The van der Waals surface area contributed by atoms with Crippen molar-refractivity contribution >= 4 is 22.8 Å². The maximum atomic E-state index is 12.5. The highest BCUT2D eigenvalue weighted by Crippen LogP contribution is 2.18. The van der Waals surface area contributed by atoms with Gasteiger partial charge in [0, 0.05) is 29.7 Å². The molecule has 1 aromatic carbocycles. The summed E-state index contributed by atoms with van der Waals surface area (Å²) < 4.78 is 0. The smallest absolute Gasteiger partial charge is 0.320 e. The zero-order valence-corrected chi connectivity index (χ0v) is 17.1. The summed E-state index contributed by atoms with van der Waals surface area (Å²) in [4.78, 5) is 27.1. The first-order valence-corrected chi connectivity index (χ1v) is 10.2. The van der Waals surface area contributed by atoms with Gasteiger partial charge in [-0.05, 0) is 49.6 Å². The minimum absolute atomic E-state index is 0.0660. The highest BCUT2D eigenvalue weighted by atomic mass is 16.4. The number of rotatable bonds is 12. The van der Waals surface area contributed by atoms with Gasteiger partial charge in [-0.3, -0.25) is 9.59 Å². The van der Waals surface area contributed by atoms with Crippen LogP contribution in [0, 0.1) is 5.92 Å². The Bertz CT molecular complexity index is 736. The molecule has 1 heterocycles. The Morgan fingerprint density at radius 2 is 1.93 bits per heavy atom. The van der Waals surface area contributed by atoms with Crippen LogP contribution in [0.5, 0.6) is 0 Å². The predicted octanol–water partition coefficient (Wildman–Crippen LogP) is 3.47. The summed E-state index contributed by atoms with van der Waals surface area (Å²) in [6, 6.07) is 9.83. The lowest BCUT2D eigenvalue weighted by atomic mass is 9.99. The minimum atomic E-state index is -0.817. The average Bonchev–Trinajstić information content (AvgIpc) is 3.06. The Hall–Kier alpha value is -2.34. The van der Waals surface area contributed by atoms with E-state index in [4.69, 9.17) is 0 Å².